The number of amides is 1. The van der Waals surface area contributed by atoms with Crippen molar-refractivity contribution in [1.29, 1.82) is 0 Å². The lowest BCUT2D eigenvalue weighted by Crippen LogP contribution is -2.50. The first-order chi connectivity index (χ1) is 13.7. The van der Waals surface area contributed by atoms with Gasteiger partial charge >= 0.3 is 0 Å². The van der Waals surface area contributed by atoms with Crippen LogP contribution in [0.5, 0.6) is 0 Å². The quantitative estimate of drug-likeness (QED) is 0.560. The molecule has 1 fully saturated rings. The van der Waals surface area contributed by atoms with Gasteiger partial charge in [0, 0.05) is 63.5 Å². The molecule has 2 aromatic rings. The molecule has 0 aromatic carbocycles. The molecule has 1 amide bonds. The standard InChI is InChI=1S/C19H27N7OS/c1-15-5-13-28-16(15)14-24-18(20-2)21-8-4-17(27)25-9-11-26(12-10-25)19-22-6-3-7-23-19/h3,5-7,13H,4,8-12,14H2,1-2H3,(H2,20,21,24). The van der Waals surface area contributed by atoms with E-state index in [1.54, 1.807) is 36.8 Å². The first-order valence-electron chi connectivity index (χ1n) is 9.44. The van der Waals surface area contributed by atoms with Crippen LogP contribution in [0.1, 0.15) is 16.9 Å². The van der Waals surface area contributed by atoms with E-state index in [1.165, 1.54) is 10.4 Å². The molecule has 2 aromatic heterocycles. The molecule has 1 aliphatic heterocycles. The first kappa shape index (κ1) is 20.1. The van der Waals surface area contributed by atoms with Crippen molar-refractivity contribution in [2.75, 3.05) is 44.7 Å². The van der Waals surface area contributed by atoms with Crippen molar-refractivity contribution in [2.45, 2.75) is 19.9 Å². The smallest absolute Gasteiger partial charge is 0.225 e. The van der Waals surface area contributed by atoms with Gasteiger partial charge in [-0.25, -0.2) is 9.97 Å². The monoisotopic (exact) mass is 401 g/mol. The molecule has 0 aliphatic carbocycles. The summed E-state index contributed by atoms with van der Waals surface area (Å²) in [6, 6.07) is 3.92. The van der Waals surface area contributed by atoms with Crippen molar-refractivity contribution >= 4 is 29.2 Å². The van der Waals surface area contributed by atoms with Crippen LogP contribution in [-0.2, 0) is 11.3 Å². The summed E-state index contributed by atoms with van der Waals surface area (Å²) in [6.45, 7) is 6.30. The van der Waals surface area contributed by atoms with E-state index >= 15 is 0 Å². The molecule has 3 rings (SSSR count). The highest BCUT2D eigenvalue weighted by molar-refractivity contribution is 7.10. The van der Waals surface area contributed by atoms with E-state index < -0.39 is 0 Å². The van der Waals surface area contributed by atoms with Gasteiger partial charge in [0.25, 0.3) is 0 Å². The molecule has 0 atom stereocenters. The lowest BCUT2D eigenvalue weighted by molar-refractivity contribution is -0.131. The summed E-state index contributed by atoms with van der Waals surface area (Å²) in [4.78, 5) is 30.6. The molecule has 0 radical (unpaired) electrons. The number of hydrogen-bond donors (Lipinski definition) is 2. The summed E-state index contributed by atoms with van der Waals surface area (Å²) in [7, 11) is 1.74. The van der Waals surface area contributed by atoms with E-state index in [0.29, 0.717) is 32.0 Å². The predicted octanol–water partition coefficient (Wildman–Crippen LogP) is 1.25. The number of hydrogen-bond acceptors (Lipinski definition) is 6. The molecular weight excluding hydrogens is 374 g/mol. The number of carbonyl (C=O) groups is 1. The van der Waals surface area contributed by atoms with Crippen LogP contribution in [0, 0.1) is 6.92 Å². The molecule has 28 heavy (non-hydrogen) atoms. The minimum atomic E-state index is 0.158. The van der Waals surface area contributed by atoms with E-state index in [1.807, 2.05) is 4.90 Å². The second-order valence-electron chi connectivity index (χ2n) is 6.55. The van der Waals surface area contributed by atoms with Crippen LogP contribution in [0.4, 0.5) is 5.95 Å². The van der Waals surface area contributed by atoms with Crippen molar-refractivity contribution in [2.24, 2.45) is 4.99 Å². The number of thiophene rings is 1. The van der Waals surface area contributed by atoms with Gasteiger partial charge in [-0.2, -0.15) is 0 Å². The summed E-state index contributed by atoms with van der Waals surface area (Å²) in [6.07, 6.45) is 3.93. The Kier molecular flexibility index (Phi) is 7.18. The van der Waals surface area contributed by atoms with Gasteiger partial charge in [0.15, 0.2) is 5.96 Å². The second-order valence-corrected chi connectivity index (χ2v) is 7.55. The summed E-state index contributed by atoms with van der Waals surface area (Å²) in [5.74, 6) is 1.60. The zero-order chi connectivity index (χ0) is 19.8. The molecule has 8 nitrogen and oxygen atoms in total. The molecule has 0 unspecified atom stereocenters. The molecule has 2 N–H and O–H groups in total. The Balaban J connectivity index is 1.36. The molecule has 0 spiro atoms. The zero-order valence-electron chi connectivity index (χ0n) is 16.4. The lowest BCUT2D eigenvalue weighted by atomic mass is 10.3. The van der Waals surface area contributed by atoms with Gasteiger partial charge in [-0.15, -0.1) is 11.3 Å². The highest BCUT2D eigenvalue weighted by atomic mass is 32.1. The maximum absolute atomic E-state index is 12.5. The third-order valence-electron chi connectivity index (χ3n) is 4.71. The third kappa shape index (κ3) is 5.41. The number of carbonyl (C=O) groups excluding carboxylic acids is 1. The number of nitrogens with one attached hydrogen (secondary N) is 2. The number of guanidine groups is 1. The minimum Gasteiger partial charge on any atom is -0.356 e. The van der Waals surface area contributed by atoms with Gasteiger partial charge in [0.1, 0.15) is 0 Å². The Morgan fingerprint density at radius 2 is 1.96 bits per heavy atom. The van der Waals surface area contributed by atoms with Crippen LogP contribution < -0.4 is 15.5 Å². The molecule has 0 bridgehead atoms. The number of aliphatic imine (C=N–C) groups is 1. The number of rotatable bonds is 6. The largest absolute Gasteiger partial charge is 0.356 e. The molecule has 3 heterocycles. The number of nitrogens with zero attached hydrogens (tertiary/aromatic N) is 5. The number of anilines is 1. The van der Waals surface area contributed by atoms with E-state index in [4.69, 9.17) is 0 Å². The van der Waals surface area contributed by atoms with Crippen molar-refractivity contribution in [3.63, 3.8) is 0 Å². The highest BCUT2D eigenvalue weighted by Crippen LogP contribution is 2.14. The van der Waals surface area contributed by atoms with Crippen LogP contribution >= 0.6 is 11.3 Å². The van der Waals surface area contributed by atoms with Crippen LogP contribution in [0.15, 0.2) is 34.9 Å². The average Bonchev–Trinajstić information content (AvgIpc) is 3.16. The van der Waals surface area contributed by atoms with Gasteiger partial charge < -0.3 is 20.4 Å². The van der Waals surface area contributed by atoms with Crippen LogP contribution in [0.25, 0.3) is 0 Å². The molecule has 9 heteroatoms. The Bertz CT molecular complexity index is 785. The van der Waals surface area contributed by atoms with E-state index in [0.717, 1.165) is 25.6 Å². The van der Waals surface area contributed by atoms with Gasteiger partial charge in [-0.05, 0) is 30.0 Å². The number of piperazine rings is 1. The molecule has 0 saturated carbocycles. The maximum Gasteiger partial charge on any atom is 0.225 e. The topological polar surface area (TPSA) is 85.8 Å². The minimum absolute atomic E-state index is 0.158. The third-order valence-corrected chi connectivity index (χ3v) is 5.73. The zero-order valence-corrected chi connectivity index (χ0v) is 17.2. The normalized spacial score (nSPS) is 14.9. The van der Waals surface area contributed by atoms with Crippen LogP contribution in [-0.4, -0.2) is 66.5 Å². The van der Waals surface area contributed by atoms with Gasteiger partial charge in [0.05, 0.1) is 6.54 Å². The Hall–Kier alpha value is -2.68. The van der Waals surface area contributed by atoms with Crippen molar-refractivity contribution in [3.05, 3.63) is 40.3 Å². The summed E-state index contributed by atoms with van der Waals surface area (Å²) in [5.41, 5.74) is 1.28. The fourth-order valence-corrected chi connectivity index (χ4v) is 3.87. The number of aryl methyl sites for hydroxylation is 1. The molecule has 1 aliphatic rings. The predicted molar refractivity (Wildman–Crippen MR) is 113 cm³/mol. The Morgan fingerprint density at radius 3 is 2.61 bits per heavy atom. The second kappa shape index (κ2) is 10.0. The van der Waals surface area contributed by atoms with Gasteiger partial charge in [0.2, 0.25) is 11.9 Å². The fourth-order valence-electron chi connectivity index (χ4n) is 3.03. The van der Waals surface area contributed by atoms with Crippen molar-refractivity contribution in [3.8, 4) is 0 Å². The summed E-state index contributed by atoms with van der Waals surface area (Å²) < 4.78 is 0. The van der Waals surface area contributed by atoms with Crippen molar-refractivity contribution in [1.82, 2.24) is 25.5 Å². The Morgan fingerprint density at radius 1 is 1.21 bits per heavy atom. The molecule has 150 valence electrons. The van der Waals surface area contributed by atoms with Gasteiger partial charge in [-0.1, -0.05) is 0 Å². The van der Waals surface area contributed by atoms with E-state index in [9.17, 15) is 4.79 Å². The van der Waals surface area contributed by atoms with Crippen LogP contribution in [0.3, 0.4) is 0 Å². The number of aromatic nitrogens is 2. The fraction of sp³-hybridized carbons (Fsp3) is 0.474. The van der Waals surface area contributed by atoms with E-state index in [2.05, 4.69) is 48.9 Å². The summed E-state index contributed by atoms with van der Waals surface area (Å²) in [5, 5.41) is 8.60. The first-order valence-corrected chi connectivity index (χ1v) is 10.3. The van der Waals surface area contributed by atoms with Gasteiger partial charge in [-0.3, -0.25) is 9.79 Å². The maximum atomic E-state index is 12.5. The molecular formula is C19H27N7OS. The van der Waals surface area contributed by atoms with Crippen LogP contribution in [0.2, 0.25) is 0 Å². The highest BCUT2D eigenvalue weighted by Gasteiger charge is 2.22. The SMILES string of the molecule is CN=C(NCCC(=O)N1CCN(c2ncccn2)CC1)NCc1sccc1C. The lowest BCUT2D eigenvalue weighted by Gasteiger charge is -2.34. The van der Waals surface area contributed by atoms with Crippen molar-refractivity contribution < 1.29 is 4.79 Å². The average molecular weight is 402 g/mol. The van der Waals surface area contributed by atoms with E-state index in [-0.39, 0.29) is 5.91 Å². The summed E-state index contributed by atoms with van der Waals surface area (Å²) >= 11 is 1.73. The Labute approximate surface area is 169 Å². The molecule has 1 saturated heterocycles.